The van der Waals surface area contributed by atoms with E-state index < -0.39 is 22.4 Å². The zero-order valence-corrected chi connectivity index (χ0v) is 7.85. The van der Waals surface area contributed by atoms with Crippen molar-refractivity contribution in [2.24, 2.45) is 0 Å². The van der Waals surface area contributed by atoms with Gasteiger partial charge in [-0.3, -0.25) is 4.57 Å². The molecule has 0 aromatic carbocycles. The molecule has 0 aliphatic rings. The fourth-order valence-corrected chi connectivity index (χ4v) is 2.62. The van der Waals surface area contributed by atoms with Gasteiger partial charge in [-0.05, 0) is 6.92 Å². The van der Waals surface area contributed by atoms with Gasteiger partial charge in [-0.2, -0.15) is 0 Å². The van der Waals surface area contributed by atoms with Crippen molar-refractivity contribution in [2.45, 2.75) is 6.92 Å². The maximum Gasteiger partial charge on any atom is 0.303 e. The van der Waals surface area contributed by atoms with Crippen LogP contribution < -0.4 is 0 Å². The van der Waals surface area contributed by atoms with Crippen molar-refractivity contribution < 1.29 is 17.5 Å². The van der Waals surface area contributed by atoms with Crippen LogP contribution in [0.15, 0.2) is 0 Å². The molecule has 0 heterocycles. The van der Waals surface area contributed by atoms with Crippen molar-refractivity contribution in [1.82, 2.24) is 0 Å². The summed E-state index contributed by atoms with van der Waals surface area (Å²) < 4.78 is 36.7. The summed E-state index contributed by atoms with van der Waals surface area (Å²) in [5.74, 6) is 1.38. The lowest BCUT2D eigenvalue weighted by Crippen LogP contribution is -1.99. The minimum atomic E-state index is -3.68. The molecule has 0 aliphatic heterocycles. The summed E-state index contributed by atoms with van der Waals surface area (Å²) in [5, 5.41) is 0. The second kappa shape index (κ2) is 4.55. The minimum Gasteiger partial charge on any atom is -0.320 e. The van der Waals surface area contributed by atoms with Gasteiger partial charge in [0.25, 0.3) is 0 Å². The van der Waals surface area contributed by atoms with Gasteiger partial charge in [-0.1, -0.05) is 5.92 Å². The molecule has 0 aromatic rings. The number of terminal acetylenes is 1. The first-order valence-corrected chi connectivity index (χ1v) is 6.57. The lowest BCUT2D eigenvalue weighted by molar-refractivity contribution is 0.359. The third kappa shape index (κ3) is 3.57. The largest absolute Gasteiger partial charge is 0.320 e. The van der Waals surface area contributed by atoms with Crippen LogP contribution in [-0.4, -0.2) is 20.8 Å². The lowest BCUT2D eigenvalue weighted by atomic mass is 10.8. The highest BCUT2D eigenvalue weighted by Gasteiger charge is 2.17. The van der Waals surface area contributed by atoms with Crippen LogP contribution in [0, 0.1) is 12.3 Å². The van der Waals surface area contributed by atoms with Gasteiger partial charge in [0.05, 0.1) is 6.61 Å². The molecule has 6 heteroatoms. The Bertz CT molecular complexity index is 273. The van der Waals surface area contributed by atoms with Crippen molar-refractivity contribution in [3.05, 3.63) is 0 Å². The first kappa shape index (κ1) is 10.7. The molecule has 0 bridgehead atoms. The molecule has 0 saturated carbocycles. The van der Waals surface area contributed by atoms with Crippen LogP contribution in [0.3, 0.4) is 0 Å². The van der Waals surface area contributed by atoms with Crippen LogP contribution in [0.5, 0.6) is 0 Å². The second-order valence-electron chi connectivity index (χ2n) is 1.65. The third-order valence-electron chi connectivity index (χ3n) is 0.789. The molecule has 11 heavy (non-hydrogen) atoms. The van der Waals surface area contributed by atoms with Gasteiger partial charge in [0.1, 0.15) is 5.75 Å². The van der Waals surface area contributed by atoms with E-state index in [4.69, 9.17) is 6.42 Å². The molecular formula is C5H9O4PS. The lowest BCUT2D eigenvalue weighted by Gasteiger charge is -1.98. The van der Waals surface area contributed by atoms with Crippen LogP contribution in [0.25, 0.3) is 0 Å². The average Bonchev–Trinajstić information content (AvgIpc) is 1.88. The molecule has 0 spiro atoms. The second-order valence-corrected chi connectivity index (χ2v) is 6.82. The Morgan fingerprint density at radius 2 is 2.18 bits per heavy atom. The van der Waals surface area contributed by atoms with Crippen molar-refractivity contribution >= 4 is 16.7 Å². The Labute approximate surface area is 66.5 Å². The summed E-state index contributed by atoms with van der Waals surface area (Å²) in [6.07, 6.45) is 4.74. The SMILES string of the molecule is C#CCS(=O)(=O)[PH](=O)OCC. The summed E-state index contributed by atoms with van der Waals surface area (Å²) >= 11 is 0. The molecule has 0 rings (SSSR count). The van der Waals surface area contributed by atoms with Crippen LogP contribution in [0.1, 0.15) is 6.92 Å². The van der Waals surface area contributed by atoms with Crippen molar-refractivity contribution in [2.75, 3.05) is 12.4 Å². The van der Waals surface area contributed by atoms with Crippen molar-refractivity contribution in [3.8, 4) is 12.3 Å². The van der Waals surface area contributed by atoms with Gasteiger partial charge in [-0.15, -0.1) is 6.42 Å². The van der Waals surface area contributed by atoms with E-state index in [9.17, 15) is 13.0 Å². The smallest absolute Gasteiger partial charge is 0.303 e. The standard InChI is InChI=1S/C5H9O4PS/c1-3-5-11(7,8)10(6)9-4-2/h1,10H,4-5H2,2H3. The highest BCUT2D eigenvalue weighted by molar-refractivity contribution is 8.44. The first-order valence-electron chi connectivity index (χ1n) is 2.87. The molecule has 0 fully saturated rings. The predicted molar refractivity (Wildman–Crippen MR) is 43.2 cm³/mol. The maximum atomic E-state index is 10.8. The average molecular weight is 196 g/mol. The van der Waals surface area contributed by atoms with Gasteiger partial charge in [0.15, 0.2) is 0 Å². The minimum absolute atomic E-state index is 0.113. The van der Waals surface area contributed by atoms with Crippen LogP contribution in [0.2, 0.25) is 0 Å². The van der Waals surface area contributed by atoms with E-state index in [-0.39, 0.29) is 6.61 Å². The molecule has 0 N–H and O–H groups in total. The Balaban J connectivity index is 4.35. The zero-order valence-electron chi connectivity index (χ0n) is 6.03. The number of rotatable bonds is 4. The highest BCUT2D eigenvalue weighted by atomic mass is 32.8. The molecule has 0 saturated heterocycles. The molecule has 0 aromatic heterocycles. The highest BCUT2D eigenvalue weighted by Crippen LogP contribution is 2.30. The first-order chi connectivity index (χ1) is 5.04. The normalized spacial score (nSPS) is 13.8. The van der Waals surface area contributed by atoms with Crippen molar-refractivity contribution in [1.29, 1.82) is 0 Å². The quantitative estimate of drug-likeness (QED) is 0.484. The van der Waals surface area contributed by atoms with E-state index in [1.54, 1.807) is 6.92 Å². The molecule has 0 amide bonds. The van der Waals surface area contributed by atoms with E-state index in [2.05, 4.69) is 4.52 Å². The Kier molecular flexibility index (Phi) is 4.43. The van der Waals surface area contributed by atoms with E-state index in [0.29, 0.717) is 0 Å². The Hall–Kier alpha value is -0.300. The predicted octanol–water partition coefficient (Wildman–Crippen LogP) is 0.461. The Morgan fingerprint density at radius 1 is 1.64 bits per heavy atom. The Morgan fingerprint density at radius 3 is 2.55 bits per heavy atom. The molecule has 1 atom stereocenters. The maximum absolute atomic E-state index is 10.8. The van der Waals surface area contributed by atoms with Crippen LogP contribution in [0.4, 0.5) is 0 Å². The third-order valence-corrected chi connectivity index (χ3v) is 4.68. The van der Waals surface area contributed by atoms with E-state index in [1.165, 1.54) is 0 Å². The fraction of sp³-hybridized carbons (Fsp3) is 0.600. The molecule has 0 radical (unpaired) electrons. The number of hydrogen-bond donors (Lipinski definition) is 0. The van der Waals surface area contributed by atoms with Gasteiger partial charge < -0.3 is 4.52 Å². The molecule has 4 nitrogen and oxygen atoms in total. The van der Waals surface area contributed by atoms with Gasteiger partial charge in [0, 0.05) is 0 Å². The van der Waals surface area contributed by atoms with Crippen molar-refractivity contribution in [3.63, 3.8) is 0 Å². The summed E-state index contributed by atoms with van der Waals surface area (Å²) in [4.78, 5) is 0. The van der Waals surface area contributed by atoms with Crippen LogP contribution in [-0.2, 0) is 18.5 Å². The fourth-order valence-electron chi connectivity index (χ4n) is 0.376. The summed E-state index contributed by atoms with van der Waals surface area (Å²) in [6.45, 7) is 1.68. The monoisotopic (exact) mass is 196 g/mol. The summed E-state index contributed by atoms with van der Waals surface area (Å²) in [6, 6.07) is 0. The van der Waals surface area contributed by atoms with Gasteiger partial charge >= 0.3 is 7.23 Å². The topological polar surface area (TPSA) is 60.4 Å². The van der Waals surface area contributed by atoms with E-state index in [1.807, 2.05) is 5.92 Å². The van der Waals surface area contributed by atoms with E-state index >= 15 is 0 Å². The molecule has 64 valence electrons. The molecule has 0 aliphatic carbocycles. The van der Waals surface area contributed by atoms with Gasteiger partial charge in [-0.25, -0.2) is 8.42 Å². The summed E-state index contributed by atoms with van der Waals surface area (Å²) in [5.41, 5.74) is 0. The zero-order chi connectivity index (χ0) is 8.91. The summed E-state index contributed by atoms with van der Waals surface area (Å²) in [7, 11) is -6.68. The number of hydrogen-bond acceptors (Lipinski definition) is 4. The van der Waals surface area contributed by atoms with Gasteiger partial charge in [0.2, 0.25) is 9.46 Å². The molecular weight excluding hydrogens is 187 g/mol. The van der Waals surface area contributed by atoms with Crippen LogP contribution >= 0.6 is 7.23 Å². The molecule has 1 unspecified atom stereocenters. The van der Waals surface area contributed by atoms with E-state index in [0.717, 1.165) is 0 Å².